The van der Waals surface area contributed by atoms with E-state index in [4.69, 9.17) is 4.74 Å². The molecule has 0 spiro atoms. The number of rotatable bonds is 6. The summed E-state index contributed by atoms with van der Waals surface area (Å²) in [4.78, 5) is 2.29. The van der Waals surface area contributed by atoms with E-state index in [1.807, 2.05) is 24.3 Å². The molecule has 17 heavy (non-hydrogen) atoms. The Labute approximate surface area is 121 Å². The molecule has 0 saturated heterocycles. The fraction of sp³-hybridized carbons (Fsp3) is 0.538. The third kappa shape index (κ3) is 4.98. The maximum absolute atomic E-state index is 5.71. The van der Waals surface area contributed by atoms with E-state index in [9.17, 15) is 0 Å². The van der Waals surface area contributed by atoms with Gasteiger partial charge < -0.3 is 4.74 Å². The van der Waals surface area contributed by atoms with Crippen LogP contribution in [0.3, 0.4) is 0 Å². The maximum atomic E-state index is 5.71. The van der Waals surface area contributed by atoms with Gasteiger partial charge in [0, 0.05) is 21.9 Å². The van der Waals surface area contributed by atoms with Crippen molar-refractivity contribution in [1.82, 2.24) is 4.90 Å². The molecule has 0 atom stereocenters. The molecular formula is C13H19Br2NO. The van der Waals surface area contributed by atoms with E-state index in [0.717, 1.165) is 22.1 Å². The van der Waals surface area contributed by atoms with Crippen molar-refractivity contribution in [1.29, 1.82) is 0 Å². The molecule has 1 aromatic carbocycles. The zero-order valence-electron chi connectivity index (χ0n) is 10.5. The Kier molecular flexibility index (Phi) is 5.97. The molecule has 4 heteroatoms. The second-order valence-electron chi connectivity index (χ2n) is 4.67. The van der Waals surface area contributed by atoms with Gasteiger partial charge >= 0.3 is 0 Å². The fourth-order valence-corrected chi connectivity index (χ4v) is 2.07. The smallest absolute Gasteiger partial charge is 0.120 e. The molecule has 0 aliphatic heterocycles. The Bertz CT molecular complexity index is 355. The van der Waals surface area contributed by atoms with Crippen LogP contribution in [0.5, 0.6) is 5.75 Å². The summed E-state index contributed by atoms with van der Waals surface area (Å²) in [6.07, 6.45) is 0. The van der Waals surface area contributed by atoms with Crippen molar-refractivity contribution in [3.63, 3.8) is 0 Å². The van der Waals surface area contributed by atoms with Crippen LogP contribution in [0.1, 0.15) is 13.8 Å². The monoisotopic (exact) mass is 363 g/mol. The maximum Gasteiger partial charge on any atom is 0.120 e. The van der Waals surface area contributed by atoms with Gasteiger partial charge in [-0.3, -0.25) is 4.90 Å². The number of halogens is 2. The van der Waals surface area contributed by atoms with Gasteiger partial charge in [0.15, 0.2) is 0 Å². The van der Waals surface area contributed by atoms with Crippen molar-refractivity contribution in [2.45, 2.75) is 19.4 Å². The minimum absolute atomic E-state index is 0.153. The molecule has 0 aromatic heterocycles. The summed E-state index contributed by atoms with van der Waals surface area (Å²) in [7, 11) is 2.12. The van der Waals surface area contributed by atoms with Crippen LogP contribution >= 0.6 is 31.9 Å². The molecule has 0 saturated carbocycles. The van der Waals surface area contributed by atoms with Gasteiger partial charge in [0.1, 0.15) is 12.4 Å². The predicted octanol–water partition coefficient (Wildman–Crippen LogP) is 3.93. The zero-order chi connectivity index (χ0) is 12.9. The predicted molar refractivity (Wildman–Crippen MR) is 80.1 cm³/mol. The van der Waals surface area contributed by atoms with E-state index in [-0.39, 0.29) is 5.54 Å². The highest BCUT2D eigenvalue weighted by molar-refractivity contribution is 9.10. The minimum Gasteiger partial charge on any atom is -0.492 e. The minimum atomic E-state index is 0.153. The van der Waals surface area contributed by atoms with Crippen LogP contribution in [0, 0.1) is 0 Å². The summed E-state index contributed by atoms with van der Waals surface area (Å²) in [6, 6.07) is 7.93. The second-order valence-corrected chi connectivity index (χ2v) is 6.15. The number of hydrogen-bond acceptors (Lipinski definition) is 2. The van der Waals surface area contributed by atoms with Crippen LogP contribution in [0.15, 0.2) is 28.7 Å². The highest BCUT2D eigenvalue weighted by Gasteiger charge is 2.21. The summed E-state index contributed by atoms with van der Waals surface area (Å²) in [5, 5.41) is 0.952. The van der Waals surface area contributed by atoms with Crippen LogP contribution in [-0.4, -0.2) is 36.0 Å². The second kappa shape index (κ2) is 6.76. The van der Waals surface area contributed by atoms with Crippen LogP contribution in [-0.2, 0) is 0 Å². The van der Waals surface area contributed by atoms with Crippen LogP contribution < -0.4 is 4.74 Å². The number of benzene rings is 1. The van der Waals surface area contributed by atoms with Crippen LogP contribution in [0.4, 0.5) is 0 Å². The number of hydrogen-bond donors (Lipinski definition) is 0. The van der Waals surface area contributed by atoms with Gasteiger partial charge in [0.25, 0.3) is 0 Å². The van der Waals surface area contributed by atoms with Gasteiger partial charge in [-0.2, -0.15) is 0 Å². The molecule has 0 aliphatic carbocycles. The van der Waals surface area contributed by atoms with Crippen molar-refractivity contribution < 1.29 is 4.74 Å². The van der Waals surface area contributed by atoms with Crippen LogP contribution in [0.2, 0.25) is 0 Å². The first kappa shape index (κ1) is 15.0. The Hall–Kier alpha value is -0.0600. The first-order chi connectivity index (χ1) is 7.95. The van der Waals surface area contributed by atoms with Gasteiger partial charge in [0.05, 0.1) is 0 Å². The molecule has 1 aromatic rings. The van der Waals surface area contributed by atoms with E-state index in [2.05, 4.69) is 57.7 Å². The van der Waals surface area contributed by atoms with E-state index in [1.54, 1.807) is 0 Å². The van der Waals surface area contributed by atoms with Crippen molar-refractivity contribution in [2.75, 3.05) is 25.5 Å². The Morgan fingerprint density at radius 1 is 1.35 bits per heavy atom. The van der Waals surface area contributed by atoms with Crippen LogP contribution in [0.25, 0.3) is 0 Å². The lowest BCUT2D eigenvalue weighted by Gasteiger charge is -2.33. The normalized spacial score (nSPS) is 11.9. The molecule has 1 rings (SSSR count). The summed E-state index contributed by atoms with van der Waals surface area (Å²) in [6.45, 7) is 6.02. The average Bonchev–Trinajstić information content (AvgIpc) is 2.29. The number of nitrogens with zero attached hydrogens (tertiary/aromatic N) is 1. The SMILES string of the molecule is CN(CCOc1cccc(Br)c1)C(C)(C)CBr. The molecule has 0 aliphatic rings. The average molecular weight is 365 g/mol. The topological polar surface area (TPSA) is 12.5 Å². The molecule has 0 heterocycles. The molecule has 0 bridgehead atoms. The van der Waals surface area contributed by atoms with Gasteiger partial charge in [-0.25, -0.2) is 0 Å². The fourth-order valence-electron chi connectivity index (χ4n) is 1.26. The van der Waals surface area contributed by atoms with E-state index >= 15 is 0 Å². The molecule has 96 valence electrons. The van der Waals surface area contributed by atoms with Crippen molar-refractivity contribution in [2.24, 2.45) is 0 Å². The molecular weight excluding hydrogens is 346 g/mol. The Balaban J connectivity index is 2.38. The standard InChI is InChI=1S/C13H19Br2NO/c1-13(2,10-14)16(3)7-8-17-12-6-4-5-11(15)9-12/h4-6,9H,7-8,10H2,1-3H3. The lowest BCUT2D eigenvalue weighted by atomic mass is 10.1. The van der Waals surface area contributed by atoms with Gasteiger partial charge in [0.2, 0.25) is 0 Å². The lowest BCUT2D eigenvalue weighted by Crippen LogP contribution is -2.44. The van der Waals surface area contributed by atoms with Gasteiger partial charge in [-0.1, -0.05) is 37.9 Å². The highest BCUT2D eigenvalue weighted by atomic mass is 79.9. The number of alkyl halides is 1. The van der Waals surface area contributed by atoms with Gasteiger partial charge in [-0.15, -0.1) is 0 Å². The third-order valence-electron chi connectivity index (χ3n) is 2.85. The van der Waals surface area contributed by atoms with Crippen molar-refractivity contribution in [3.05, 3.63) is 28.7 Å². The third-order valence-corrected chi connectivity index (χ3v) is 4.72. The molecule has 0 N–H and O–H groups in total. The highest BCUT2D eigenvalue weighted by Crippen LogP contribution is 2.18. The van der Waals surface area contributed by atoms with Crippen molar-refractivity contribution in [3.8, 4) is 5.75 Å². The largest absolute Gasteiger partial charge is 0.492 e. The molecule has 0 radical (unpaired) electrons. The first-order valence-electron chi connectivity index (χ1n) is 5.61. The van der Waals surface area contributed by atoms with E-state index < -0.39 is 0 Å². The molecule has 0 amide bonds. The Morgan fingerprint density at radius 3 is 2.65 bits per heavy atom. The quantitative estimate of drug-likeness (QED) is 0.709. The Morgan fingerprint density at radius 2 is 2.06 bits per heavy atom. The molecule has 2 nitrogen and oxygen atoms in total. The molecule has 0 unspecified atom stereocenters. The first-order valence-corrected chi connectivity index (χ1v) is 7.53. The zero-order valence-corrected chi connectivity index (χ0v) is 13.7. The summed E-state index contributed by atoms with van der Waals surface area (Å²) < 4.78 is 6.76. The van der Waals surface area contributed by atoms with E-state index in [1.165, 1.54) is 0 Å². The van der Waals surface area contributed by atoms with Crippen molar-refractivity contribution >= 4 is 31.9 Å². The number of likely N-dealkylation sites (N-methyl/N-ethyl adjacent to an activating group) is 1. The molecule has 0 fully saturated rings. The summed E-state index contributed by atoms with van der Waals surface area (Å²) >= 11 is 6.96. The summed E-state index contributed by atoms with van der Waals surface area (Å²) in [5.74, 6) is 0.907. The van der Waals surface area contributed by atoms with E-state index in [0.29, 0.717) is 6.61 Å². The summed E-state index contributed by atoms with van der Waals surface area (Å²) in [5.41, 5.74) is 0.153. The van der Waals surface area contributed by atoms with Gasteiger partial charge in [-0.05, 0) is 39.1 Å². The lowest BCUT2D eigenvalue weighted by molar-refractivity contribution is 0.148. The number of ether oxygens (including phenoxy) is 1.